The number of ketones is 1. The minimum atomic E-state index is -0.868. The highest BCUT2D eigenvalue weighted by Crippen LogP contribution is 1.98. The summed E-state index contributed by atoms with van der Waals surface area (Å²) in [6.45, 7) is 6.49. The standard InChI is InChI=1S/C15H28N4O5/c1-13(20)10-19-8-6-17(11-14(21)22)4-2-16-3-5-18(7-9-19)12-15(23)24/h16H,2-12H2,1H3,(H,21,22)(H,23,24). The third-order valence-electron chi connectivity index (χ3n) is 3.84. The van der Waals surface area contributed by atoms with Gasteiger partial charge in [-0.25, -0.2) is 0 Å². The third-order valence-corrected chi connectivity index (χ3v) is 3.84. The first-order valence-corrected chi connectivity index (χ1v) is 8.17. The topological polar surface area (TPSA) is 113 Å². The Morgan fingerprint density at radius 2 is 1.12 bits per heavy atom. The molecule has 0 amide bonds. The third kappa shape index (κ3) is 9.56. The van der Waals surface area contributed by atoms with Gasteiger partial charge in [0, 0.05) is 52.4 Å². The molecule has 1 fully saturated rings. The molecule has 24 heavy (non-hydrogen) atoms. The summed E-state index contributed by atoms with van der Waals surface area (Å²) >= 11 is 0. The summed E-state index contributed by atoms with van der Waals surface area (Å²) in [4.78, 5) is 39.0. The fourth-order valence-corrected chi connectivity index (χ4v) is 2.67. The second-order valence-corrected chi connectivity index (χ2v) is 6.07. The predicted molar refractivity (Wildman–Crippen MR) is 88.1 cm³/mol. The Morgan fingerprint density at radius 1 is 0.750 bits per heavy atom. The van der Waals surface area contributed by atoms with Crippen LogP contribution in [0.4, 0.5) is 0 Å². The van der Waals surface area contributed by atoms with Crippen molar-refractivity contribution in [3.63, 3.8) is 0 Å². The molecule has 0 spiro atoms. The second kappa shape index (κ2) is 11.1. The summed E-state index contributed by atoms with van der Waals surface area (Å²) < 4.78 is 0. The zero-order valence-corrected chi connectivity index (χ0v) is 14.2. The highest BCUT2D eigenvalue weighted by atomic mass is 16.4. The summed E-state index contributed by atoms with van der Waals surface area (Å²) in [6, 6.07) is 0. The minimum Gasteiger partial charge on any atom is -0.480 e. The van der Waals surface area contributed by atoms with Crippen LogP contribution in [-0.2, 0) is 14.4 Å². The molecular formula is C15H28N4O5. The first-order chi connectivity index (χ1) is 11.4. The van der Waals surface area contributed by atoms with Gasteiger partial charge in [-0.1, -0.05) is 0 Å². The molecule has 0 aromatic rings. The lowest BCUT2D eigenvalue weighted by molar-refractivity contribution is -0.139. The Labute approximate surface area is 142 Å². The van der Waals surface area contributed by atoms with E-state index in [9.17, 15) is 14.4 Å². The molecule has 0 unspecified atom stereocenters. The fourth-order valence-electron chi connectivity index (χ4n) is 2.67. The van der Waals surface area contributed by atoms with Gasteiger partial charge in [-0.2, -0.15) is 0 Å². The molecule has 138 valence electrons. The van der Waals surface area contributed by atoms with E-state index in [1.54, 1.807) is 0 Å². The average Bonchev–Trinajstić information content (AvgIpc) is 2.45. The Morgan fingerprint density at radius 3 is 1.46 bits per heavy atom. The number of hydrogen-bond donors (Lipinski definition) is 3. The fraction of sp³-hybridized carbons (Fsp3) is 0.800. The van der Waals surface area contributed by atoms with E-state index >= 15 is 0 Å². The van der Waals surface area contributed by atoms with Gasteiger partial charge in [0.15, 0.2) is 0 Å². The van der Waals surface area contributed by atoms with Crippen molar-refractivity contribution in [1.82, 2.24) is 20.0 Å². The van der Waals surface area contributed by atoms with E-state index < -0.39 is 11.9 Å². The molecule has 3 N–H and O–H groups in total. The van der Waals surface area contributed by atoms with Crippen molar-refractivity contribution in [3.05, 3.63) is 0 Å². The van der Waals surface area contributed by atoms with Crippen molar-refractivity contribution in [2.45, 2.75) is 6.92 Å². The van der Waals surface area contributed by atoms with Crippen LogP contribution in [0.5, 0.6) is 0 Å². The van der Waals surface area contributed by atoms with E-state index in [4.69, 9.17) is 10.2 Å². The predicted octanol–water partition coefficient (Wildman–Crippen LogP) is -1.75. The van der Waals surface area contributed by atoms with E-state index in [2.05, 4.69) is 5.32 Å². The average molecular weight is 344 g/mol. The second-order valence-electron chi connectivity index (χ2n) is 6.07. The SMILES string of the molecule is CC(=O)CN1CCN(CC(=O)O)CCNCCN(CC(=O)O)CC1. The van der Waals surface area contributed by atoms with Gasteiger partial charge >= 0.3 is 11.9 Å². The van der Waals surface area contributed by atoms with Crippen LogP contribution >= 0.6 is 0 Å². The lowest BCUT2D eigenvalue weighted by Crippen LogP contribution is -2.47. The maximum Gasteiger partial charge on any atom is 0.317 e. The van der Waals surface area contributed by atoms with Crippen molar-refractivity contribution in [1.29, 1.82) is 0 Å². The van der Waals surface area contributed by atoms with Gasteiger partial charge in [-0.05, 0) is 6.92 Å². The lowest BCUT2D eigenvalue weighted by Gasteiger charge is -2.30. The molecular weight excluding hydrogens is 316 g/mol. The minimum absolute atomic E-state index is 0.0271. The molecule has 9 heteroatoms. The number of Topliss-reactive ketones (excluding diaryl/α,β-unsaturated/α-hetero) is 1. The zero-order chi connectivity index (χ0) is 17.9. The van der Waals surface area contributed by atoms with Crippen LogP contribution in [0.1, 0.15) is 6.92 Å². The number of hydrogen-bond acceptors (Lipinski definition) is 7. The number of rotatable bonds is 6. The monoisotopic (exact) mass is 344 g/mol. The number of carboxylic acids is 2. The van der Waals surface area contributed by atoms with Gasteiger partial charge in [-0.15, -0.1) is 0 Å². The van der Waals surface area contributed by atoms with Crippen molar-refractivity contribution >= 4 is 17.7 Å². The highest BCUT2D eigenvalue weighted by Gasteiger charge is 2.17. The van der Waals surface area contributed by atoms with E-state index in [-0.39, 0.29) is 18.9 Å². The molecule has 1 aliphatic rings. The molecule has 1 saturated heterocycles. The van der Waals surface area contributed by atoms with E-state index in [0.29, 0.717) is 58.9 Å². The Kier molecular flexibility index (Phi) is 9.46. The van der Waals surface area contributed by atoms with Gasteiger partial charge in [0.1, 0.15) is 5.78 Å². The van der Waals surface area contributed by atoms with Crippen LogP contribution in [0.15, 0.2) is 0 Å². The highest BCUT2D eigenvalue weighted by molar-refractivity contribution is 5.77. The molecule has 1 heterocycles. The molecule has 0 aromatic carbocycles. The van der Waals surface area contributed by atoms with Gasteiger partial charge < -0.3 is 15.5 Å². The molecule has 0 aromatic heterocycles. The molecule has 1 rings (SSSR count). The first kappa shape index (κ1) is 20.5. The summed E-state index contributed by atoms with van der Waals surface area (Å²) in [7, 11) is 0. The number of carbonyl (C=O) groups excluding carboxylic acids is 1. The zero-order valence-electron chi connectivity index (χ0n) is 14.2. The largest absolute Gasteiger partial charge is 0.480 e. The van der Waals surface area contributed by atoms with Gasteiger partial charge in [0.05, 0.1) is 19.6 Å². The Hall–Kier alpha value is -1.55. The quantitative estimate of drug-likeness (QED) is 0.516. The summed E-state index contributed by atoms with van der Waals surface area (Å²) in [6.07, 6.45) is 0. The van der Waals surface area contributed by atoms with Gasteiger partial charge in [0.25, 0.3) is 0 Å². The number of carbonyl (C=O) groups is 3. The van der Waals surface area contributed by atoms with Crippen LogP contribution in [0, 0.1) is 0 Å². The van der Waals surface area contributed by atoms with Crippen LogP contribution in [0.25, 0.3) is 0 Å². The number of carboxylic acid groups (broad SMARTS) is 2. The molecule has 0 aliphatic carbocycles. The molecule has 0 radical (unpaired) electrons. The summed E-state index contributed by atoms with van der Waals surface area (Å²) in [5.74, 6) is -1.70. The Balaban J connectivity index is 2.68. The van der Waals surface area contributed by atoms with Crippen molar-refractivity contribution < 1.29 is 24.6 Å². The molecule has 0 saturated carbocycles. The maximum atomic E-state index is 11.4. The van der Waals surface area contributed by atoms with Gasteiger partial charge in [0.2, 0.25) is 0 Å². The first-order valence-electron chi connectivity index (χ1n) is 8.17. The summed E-state index contributed by atoms with van der Waals surface area (Å²) in [5.41, 5.74) is 0. The Bertz CT molecular complexity index is 402. The van der Waals surface area contributed by atoms with Crippen LogP contribution < -0.4 is 5.32 Å². The molecule has 0 atom stereocenters. The molecule has 9 nitrogen and oxygen atoms in total. The van der Waals surface area contributed by atoms with Crippen molar-refractivity contribution in [2.24, 2.45) is 0 Å². The normalized spacial score (nSPS) is 20.0. The van der Waals surface area contributed by atoms with Crippen molar-refractivity contribution in [2.75, 3.05) is 72.0 Å². The van der Waals surface area contributed by atoms with E-state index in [1.807, 2.05) is 14.7 Å². The van der Waals surface area contributed by atoms with E-state index in [0.717, 1.165) is 0 Å². The van der Waals surface area contributed by atoms with Crippen LogP contribution in [-0.4, -0.2) is 115 Å². The van der Waals surface area contributed by atoms with Crippen molar-refractivity contribution in [3.8, 4) is 0 Å². The lowest BCUT2D eigenvalue weighted by atomic mass is 10.3. The smallest absolute Gasteiger partial charge is 0.317 e. The maximum absolute atomic E-state index is 11.4. The molecule has 0 bridgehead atoms. The van der Waals surface area contributed by atoms with Gasteiger partial charge in [-0.3, -0.25) is 29.1 Å². The van der Waals surface area contributed by atoms with Crippen LogP contribution in [0.3, 0.4) is 0 Å². The van der Waals surface area contributed by atoms with Crippen LogP contribution in [0.2, 0.25) is 0 Å². The number of nitrogens with zero attached hydrogens (tertiary/aromatic N) is 3. The number of nitrogens with one attached hydrogen (secondary N) is 1. The molecule has 1 aliphatic heterocycles. The summed E-state index contributed by atoms with van der Waals surface area (Å²) in [5, 5.41) is 21.2. The van der Waals surface area contributed by atoms with E-state index in [1.165, 1.54) is 6.92 Å². The number of aliphatic carboxylic acids is 2.